The summed E-state index contributed by atoms with van der Waals surface area (Å²) in [5.41, 5.74) is 0.320. The smallest absolute Gasteiger partial charge is 0.305 e. The lowest BCUT2D eigenvalue weighted by molar-refractivity contribution is -0.119. The van der Waals surface area contributed by atoms with Crippen molar-refractivity contribution in [2.75, 3.05) is 4.90 Å². The second-order valence-corrected chi connectivity index (χ2v) is 5.67. The lowest BCUT2D eigenvalue weighted by atomic mass is 10.0. The van der Waals surface area contributed by atoms with Crippen molar-refractivity contribution in [3.8, 4) is 0 Å². The minimum Gasteiger partial charge on any atom is -0.305 e. The van der Waals surface area contributed by atoms with Crippen LogP contribution in [0.4, 0.5) is 14.9 Å². The van der Waals surface area contributed by atoms with Gasteiger partial charge in [0, 0.05) is 5.92 Å². The number of anilines is 1. The molecule has 6 heteroatoms. The van der Waals surface area contributed by atoms with E-state index in [1.165, 1.54) is 12.1 Å². The Labute approximate surface area is 119 Å². The SMILES string of the molecule is O=C1[C@H]2C3C=CC(C3)N2C(=O)N1c1ccc(F)c(Cl)c1. The molecule has 2 heterocycles. The number of carbonyl (C=O) groups excluding carboxylic acids is 2. The Hall–Kier alpha value is -1.88. The van der Waals surface area contributed by atoms with Crippen LogP contribution in [0.3, 0.4) is 0 Å². The molecule has 20 heavy (non-hydrogen) atoms. The van der Waals surface area contributed by atoms with Gasteiger partial charge in [-0.05, 0) is 24.6 Å². The zero-order chi connectivity index (χ0) is 14.0. The number of rotatable bonds is 1. The predicted molar refractivity (Wildman–Crippen MR) is 71.0 cm³/mol. The molecule has 4 rings (SSSR count). The van der Waals surface area contributed by atoms with Crippen molar-refractivity contribution in [1.82, 2.24) is 4.90 Å². The maximum Gasteiger partial charge on any atom is 0.332 e. The van der Waals surface area contributed by atoms with Gasteiger partial charge in [-0.25, -0.2) is 14.1 Å². The van der Waals surface area contributed by atoms with Crippen LogP contribution in [0.2, 0.25) is 5.02 Å². The molecule has 0 radical (unpaired) electrons. The summed E-state index contributed by atoms with van der Waals surface area (Å²) in [6, 6.07) is 3.11. The summed E-state index contributed by atoms with van der Waals surface area (Å²) in [6.45, 7) is 0. The summed E-state index contributed by atoms with van der Waals surface area (Å²) in [7, 11) is 0. The van der Waals surface area contributed by atoms with E-state index in [-0.39, 0.29) is 28.9 Å². The van der Waals surface area contributed by atoms with Gasteiger partial charge in [-0.3, -0.25) is 4.79 Å². The summed E-state index contributed by atoms with van der Waals surface area (Å²) in [6.07, 6.45) is 4.78. The first-order valence-electron chi connectivity index (χ1n) is 6.37. The van der Waals surface area contributed by atoms with E-state index in [2.05, 4.69) is 0 Å². The molecule has 3 aliphatic rings. The number of fused-ring (bicyclic) bond motifs is 5. The van der Waals surface area contributed by atoms with Gasteiger partial charge in [-0.1, -0.05) is 23.8 Å². The van der Waals surface area contributed by atoms with Crippen LogP contribution in [-0.2, 0) is 4.79 Å². The molecule has 3 amide bonds. The van der Waals surface area contributed by atoms with Crippen LogP contribution in [0, 0.1) is 11.7 Å². The minimum absolute atomic E-state index is 0.00219. The molecule has 1 aliphatic carbocycles. The Morgan fingerprint density at radius 3 is 2.75 bits per heavy atom. The average molecular weight is 293 g/mol. The van der Waals surface area contributed by atoms with Gasteiger partial charge in [0.15, 0.2) is 0 Å². The van der Waals surface area contributed by atoms with Crippen LogP contribution in [0.5, 0.6) is 0 Å². The number of halogens is 2. The van der Waals surface area contributed by atoms with Crippen molar-refractivity contribution in [2.45, 2.75) is 18.5 Å². The molecule has 0 N–H and O–H groups in total. The number of imide groups is 1. The van der Waals surface area contributed by atoms with E-state index in [1.54, 1.807) is 4.90 Å². The molecule has 2 saturated heterocycles. The lowest BCUT2D eigenvalue weighted by Crippen LogP contribution is -2.38. The van der Waals surface area contributed by atoms with E-state index < -0.39 is 11.9 Å². The Kier molecular flexibility index (Phi) is 2.27. The number of hydrogen-bond donors (Lipinski definition) is 0. The minimum atomic E-state index is -0.572. The van der Waals surface area contributed by atoms with Crippen molar-refractivity contribution in [3.05, 3.63) is 41.2 Å². The molecule has 4 nitrogen and oxygen atoms in total. The van der Waals surface area contributed by atoms with E-state index >= 15 is 0 Å². The fourth-order valence-corrected chi connectivity index (χ4v) is 3.50. The highest BCUT2D eigenvalue weighted by molar-refractivity contribution is 6.31. The van der Waals surface area contributed by atoms with Gasteiger partial charge in [0.2, 0.25) is 0 Å². The topological polar surface area (TPSA) is 40.6 Å². The zero-order valence-electron chi connectivity index (χ0n) is 10.3. The monoisotopic (exact) mass is 292 g/mol. The van der Waals surface area contributed by atoms with Crippen LogP contribution in [-0.4, -0.2) is 28.9 Å². The van der Waals surface area contributed by atoms with Crippen molar-refractivity contribution in [2.24, 2.45) is 5.92 Å². The van der Waals surface area contributed by atoms with Gasteiger partial charge < -0.3 is 4.90 Å². The van der Waals surface area contributed by atoms with Crippen LogP contribution in [0.25, 0.3) is 0 Å². The largest absolute Gasteiger partial charge is 0.332 e. The molecular weight excluding hydrogens is 283 g/mol. The number of urea groups is 1. The molecule has 1 aromatic carbocycles. The molecule has 3 atom stereocenters. The van der Waals surface area contributed by atoms with E-state index in [0.29, 0.717) is 5.69 Å². The molecule has 2 fully saturated rings. The maximum atomic E-state index is 13.2. The van der Waals surface area contributed by atoms with Gasteiger partial charge in [0.05, 0.1) is 16.8 Å². The lowest BCUT2D eigenvalue weighted by Gasteiger charge is -2.22. The number of nitrogens with zero attached hydrogens (tertiary/aromatic N) is 2. The highest BCUT2D eigenvalue weighted by Gasteiger charge is 2.57. The maximum absolute atomic E-state index is 13.2. The standard InChI is InChI=1S/C14H10ClFN2O2/c15-10-6-9(3-4-11(10)16)18-13(19)12-7-1-2-8(5-7)17(12)14(18)20/h1-4,6-8,12H,5H2/t7?,8?,12-/m1/s1. The average Bonchev–Trinajstić information content (AvgIpc) is 3.08. The summed E-state index contributed by atoms with van der Waals surface area (Å²) in [5.74, 6) is -0.733. The van der Waals surface area contributed by atoms with E-state index in [9.17, 15) is 14.0 Å². The summed E-state index contributed by atoms with van der Waals surface area (Å²) in [4.78, 5) is 27.6. The van der Waals surface area contributed by atoms with E-state index in [1.807, 2.05) is 12.2 Å². The second kappa shape index (κ2) is 3.82. The zero-order valence-corrected chi connectivity index (χ0v) is 11.0. The first-order chi connectivity index (χ1) is 9.58. The summed E-state index contributed by atoms with van der Waals surface area (Å²) in [5, 5.41) is -0.101. The molecular formula is C14H10ClFN2O2. The predicted octanol–water partition coefficient (Wildman–Crippen LogP) is 2.57. The number of carbonyl (C=O) groups is 2. The molecule has 1 aromatic rings. The third kappa shape index (κ3) is 1.36. The summed E-state index contributed by atoms with van der Waals surface area (Å²) < 4.78 is 13.2. The van der Waals surface area contributed by atoms with Crippen molar-refractivity contribution >= 4 is 29.2 Å². The first kappa shape index (κ1) is 11.9. The second-order valence-electron chi connectivity index (χ2n) is 5.26. The fourth-order valence-electron chi connectivity index (χ4n) is 3.33. The number of hydrogen-bond acceptors (Lipinski definition) is 2. The third-order valence-electron chi connectivity index (χ3n) is 4.20. The first-order valence-corrected chi connectivity index (χ1v) is 6.75. The van der Waals surface area contributed by atoms with E-state index in [0.717, 1.165) is 17.4 Å². The Bertz CT molecular complexity index is 645. The van der Waals surface area contributed by atoms with Crippen LogP contribution in [0.15, 0.2) is 30.4 Å². The van der Waals surface area contributed by atoms with Crippen LogP contribution >= 0.6 is 11.6 Å². The van der Waals surface area contributed by atoms with Crippen LogP contribution in [0.1, 0.15) is 6.42 Å². The molecule has 2 aliphatic heterocycles. The molecule has 0 saturated carbocycles. The fraction of sp³-hybridized carbons (Fsp3) is 0.286. The number of amides is 3. The van der Waals surface area contributed by atoms with Gasteiger partial charge in [-0.2, -0.15) is 0 Å². The summed E-state index contributed by atoms with van der Waals surface area (Å²) >= 11 is 5.73. The normalized spacial score (nSPS) is 30.6. The Balaban J connectivity index is 1.76. The molecule has 0 spiro atoms. The van der Waals surface area contributed by atoms with Crippen molar-refractivity contribution in [1.29, 1.82) is 0 Å². The molecule has 0 aromatic heterocycles. The number of benzene rings is 1. The Morgan fingerprint density at radius 2 is 2.05 bits per heavy atom. The van der Waals surface area contributed by atoms with Crippen molar-refractivity contribution < 1.29 is 14.0 Å². The van der Waals surface area contributed by atoms with Crippen LogP contribution < -0.4 is 4.90 Å². The van der Waals surface area contributed by atoms with Gasteiger partial charge in [0.1, 0.15) is 11.9 Å². The highest BCUT2D eigenvalue weighted by Crippen LogP contribution is 2.43. The molecule has 2 bridgehead atoms. The Morgan fingerprint density at radius 1 is 1.25 bits per heavy atom. The van der Waals surface area contributed by atoms with Gasteiger partial charge in [-0.15, -0.1) is 0 Å². The van der Waals surface area contributed by atoms with Crippen molar-refractivity contribution in [3.63, 3.8) is 0 Å². The molecule has 2 unspecified atom stereocenters. The van der Waals surface area contributed by atoms with Gasteiger partial charge in [0.25, 0.3) is 5.91 Å². The van der Waals surface area contributed by atoms with E-state index in [4.69, 9.17) is 11.6 Å². The third-order valence-corrected chi connectivity index (χ3v) is 4.49. The highest BCUT2D eigenvalue weighted by atomic mass is 35.5. The van der Waals surface area contributed by atoms with Gasteiger partial charge >= 0.3 is 6.03 Å². The molecule has 102 valence electrons. The quantitative estimate of drug-likeness (QED) is 0.589.